The molecule has 1 aliphatic heterocycles. The molecule has 2 rings (SSSR count). The topological polar surface area (TPSA) is 20.3 Å². The standard InChI is InChI=1S/C12H10BrClF3NO/c13-8-2-1-5-18(11(8)19)10-6-7(12(15,16)17)3-4-9(10)14/h3-4,6,8H,1-2,5H2. The highest BCUT2D eigenvalue weighted by atomic mass is 79.9. The molecule has 0 aromatic heterocycles. The Kier molecular flexibility index (Phi) is 4.11. The molecule has 0 radical (unpaired) electrons. The molecule has 0 aliphatic carbocycles. The van der Waals surface area contributed by atoms with Gasteiger partial charge in [0, 0.05) is 6.54 Å². The van der Waals surface area contributed by atoms with Gasteiger partial charge in [-0.25, -0.2) is 0 Å². The summed E-state index contributed by atoms with van der Waals surface area (Å²) in [5, 5.41) is 0.142. The summed E-state index contributed by atoms with van der Waals surface area (Å²) in [4.78, 5) is 12.9. The summed E-state index contributed by atoms with van der Waals surface area (Å²) < 4.78 is 38.1. The fourth-order valence-corrected chi connectivity index (χ4v) is 2.76. The molecule has 19 heavy (non-hydrogen) atoms. The Bertz CT molecular complexity index is 506. The molecule has 1 fully saturated rings. The summed E-state index contributed by atoms with van der Waals surface area (Å²) in [5.74, 6) is -0.257. The first-order chi connectivity index (χ1) is 8.80. The monoisotopic (exact) mass is 355 g/mol. The first-order valence-electron chi connectivity index (χ1n) is 5.63. The summed E-state index contributed by atoms with van der Waals surface area (Å²) in [6.45, 7) is 0.377. The van der Waals surface area contributed by atoms with Crippen molar-refractivity contribution in [3.8, 4) is 0 Å². The maximum absolute atomic E-state index is 12.7. The molecule has 1 aliphatic rings. The number of carbonyl (C=O) groups is 1. The van der Waals surface area contributed by atoms with Crippen molar-refractivity contribution in [3.05, 3.63) is 28.8 Å². The first kappa shape index (κ1) is 14.7. The minimum Gasteiger partial charge on any atom is -0.310 e. The highest BCUT2D eigenvalue weighted by Gasteiger charge is 2.34. The number of benzene rings is 1. The van der Waals surface area contributed by atoms with Crippen LogP contribution in [0.3, 0.4) is 0 Å². The predicted octanol–water partition coefficient (Wildman–Crippen LogP) is 4.25. The Balaban J connectivity index is 2.41. The number of piperidine rings is 1. The van der Waals surface area contributed by atoms with Crippen LogP contribution in [-0.4, -0.2) is 17.3 Å². The Hall–Kier alpha value is -0.750. The Morgan fingerprint density at radius 1 is 1.37 bits per heavy atom. The number of rotatable bonds is 1. The molecule has 1 aromatic rings. The number of hydrogen-bond donors (Lipinski definition) is 0. The van der Waals surface area contributed by atoms with Crippen molar-refractivity contribution in [2.45, 2.75) is 23.8 Å². The zero-order chi connectivity index (χ0) is 14.2. The molecule has 1 saturated heterocycles. The van der Waals surface area contributed by atoms with Crippen molar-refractivity contribution in [2.24, 2.45) is 0 Å². The second-order valence-corrected chi connectivity index (χ2v) is 5.78. The van der Waals surface area contributed by atoms with Gasteiger partial charge < -0.3 is 4.90 Å². The lowest BCUT2D eigenvalue weighted by Crippen LogP contribution is -2.42. The van der Waals surface area contributed by atoms with Crippen molar-refractivity contribution in [1.29, 1.82) is 0 Å². The molecule has 0 spiro atoms. The average molecular weight is 357 g/mol. The number of amides is 1. The van der Waals surface area contributed by atoms with Crippen LogP contribution in [-0.2, 0) is 11.0 Å². The number of alkyl halides is 4. The van der Waals surface area contributed by atoms with Gasteiger partial charge in [-0.1, -0.05) is 27.5 Å². The van der Waals surface area contributed by atoms with E-state index in [0.717, 1.165) is 12.1 Å². The van der Waals surface area contributed by atoms with Gasteiger partial charge in [-0.2, -0.15) is 13.2 Å². The highest BCUT2D eigenvalue weighted by Crippen LogP contribution is 2.37. The fourth-order valence-electron chi connectivity index (χ4n) is 1.97. The van der Waals surface area contributed by atoms with Gasteiger partial charge in [0.15, 0.2) is 0 Å². The number of halogens is 5. The summed E-state index contributed by atoms with van der Waals surface area (Å²) >= 11 is 9.13. The van der Waals surface area contributed by atoms with E-state index in [2.05, 4.69) is 15.9 Å². The minimum absolute atomic E-state index is 0.116. The molecule has 104 valence electrons. The lowest BCUT2D eigenvalue weighted by atomic mass is 10.1. The van der Waals surface area contributed by atoms with Crippen LogP contribution in [0.15, 0.2) is 18.2 Å². The van der Waals surface area contributed by atoms with Gasteiger partial charge in [-0.05, 0) is 31.0 Å². The second-order valence-electron chi connectivity index (χ2n) is 4.26. The lowest BCUT2D eigenvalue weighted by Gasteiger charge is -2.30. The molecule has 1 unspecified atom stereocenters. The lowest BCUT2D eigenvalue weighted by molar-refractivity contribution is -0.137. The molecular formula is C12H10BrClF3NO. The third kappa shape index (κ3) is 3.05. The maximum atomic E-state index is 12.7. The van der Waals surface area contributed by atoms with E-state index >= 15 is 0 Å². The van der Waals surface area contributed by atoms with E-state index in [9.17, 15) is 18.0 Å². The normalized spacial score (nSPS) is 20.8. The smallest absolute Gasteiger partial charge is 0.310 e. The quantitative estimate of drug-likeness (QED) is 0.689. The largest absolute Gasteiger partial charge is 0.416 e. The van der Waals surface area contributed by atoms with Gasteiger partial charge in [0.05, 0.1) is 21.1 Å². The molecule has 7 heteroatoms. The van der Waals surface area contributed by atoms with Gasteiger partial charge in [0.25, 0.3) is 0 Å². The van der Waals surface area contributed by atoms with Crippen molar-refractivity contribution in [2.75, 3.05) is 11.4 Å². The van der Waals surface area contributed by atoms with E-state index in [0.29, 0.717) is 19.4 Å². The van der Waals surface area contributed by atoms with Crippen LogP contribution >= 0.6 is 27.5 Å². The van der Waals surface area contributed by atoms with Gasteiger partial charge in [0.1, 0.15) is 0 Å². The van der Waals surface area contributed by atoms with Crippen LogP contribution in [0.25, 0.3) is 0 Å². The molecule has 1 heterocycles. The van der Waals surface area contributed by atoms with E-state index < -0.39 is 11.7 Å². The SMILES string of the molecule is O=C1C(Br)CCCN1c1cc(C(F)(F)F)ccc1Cl. The van der Waals surface area contributed by atoms with Crippen molar-refractivity contribution < 1.29 is 18.0 Å². The summed E-state index contributed by atoms with van der Waals surface area (Å²) in [6, 6.07) is 3.00. The summed E-state index contributed by atoms with van der Waals surface area (Å²) in [7, 11) is 0. The maximum Gasteiger partial charge on any atom is 0.416 e. The molecule has 1 aromatic carbocycles. The third-order valence-electron chi connectivity index (χ3n) is 2.94. The zero-order valence-electron chi connectivity index (χ0n) is 9.68. The number of carbonyl (C=O) groups excluding carboxylic acids is 1. The van der Waals surface area contributed by atoms with Crippen molar-refractivity contribution in [1.82, 2.24) is 0 Å². The Morgan fingerprint density at radius 2 is 2.05 bits per heavy atom. The first-order valence-corrected chi connectivity index (χ1v) is 6.92. The van der Waals surface area contributed by atoms with Crippen LogP contribution in [0.5, 0.6) is 0 Å². The zero-order valence-corrected chi connectivity index (χ0v) is 12.0. The van der Waals surface area contributed by atoms with E-state index in [4.69, 9.17) is 11.6 Å². The van der Waals surface area contributed by atoms with Gasteiger partial charge >= 0.3 is 6.18 Å². The van der Waals surface area contributed by atoms with E-state index in [1.807, 2.05) is 0 Å². The average Bonchev–Trinajstić information content (AvgIpc) is 2.32. The number of hydrogen-bond acceptors (Lipinski definition) is 1. The molecule has 2 nitrogen and oxygen atoms in total. The molecule has 0 N–H and O–H groups in total. The second kappa shape index (κ2) is 5.32. The molecular weight excluding hydrogens is 346 g/mol. The van der Waals surface area contributed by atoms with Crippen molar-refractivity contribution in [3.63, 3.8) is 0 Å². The molecule has 1 atom stereocenters. The van der Waals surface area contributed by atoms with Crippen molar-refractivity contribution >= 4 is 39.1 Å². The van der Waals surface area contributed by atoms with Crippen LogP contribution in [0.1, 0.15) is 18.4 Å². The minimum atomic E-state index is -4.45. The summed E-state index contributed by atoms with van der Waals surface area (Å²) in [6.07, 6.45) is -3.06. The van der Waals surface area contributed by atoms with E-state index in [-0.39, 0.29) is 21.4 Å². The van der Waals surface area contributed by atoms with Gasteiger partial charge in [-0.3, -0.25) is 4.79 Å². The van der Waals surface area contributed by atoms with Crippen LogP contribution in [0.2, 0.25) is 5.02 Å². The molecule has 1 amide bonds. The highest BCUT2D eigenvalue weighted by molar-refractivity contribution is 9.10. The fraction of sp³-hybridized carbons (Fsp3) is 0.417. The van der Waals surface area contributed by atoms with Gasteiger partial charge in [0.2, 0.25) is 5.91 Å². The molecule has 0 bridgehead atoms. The van der Waals surface area contributed by atoms with Gasteiger partial charge in [-0.15, -0.1) is 0 Å². The van der Waals surface area contributed by atoms with E-state index in [1.165, 1.54) is 11.0 Å². The van der Waals surface area contributed by atoms with Crippen LogP contribution in [0, 0.1) is 0 Å². The third-order valence-corrected chi connectivity index (χ3v) is 4.11. The predicted molar refractivity (Wildman–Crippen MR) is 70.8 cm³/mol. The Morgan fingerprint density at radius 3 is 2.68 bits per heavy atom. The van der Waals surface area contributed by atoms with E-state index in [1.54, 1.807) is 0 Å². The number of nitrogens with zero attached hydrogens (tertiary/aromatic N) is 1. The van der Waals surface area contributed by atoms with Crippen LogP contribution < -0.4 is 4.90 Å². The Labute approximate surface area is 121 Å². The number of anilines is 1. The summed E-state index contributed by atoms with van der Waals surface area (Å²) in [5.41, 5.74) is -0.693. The van der Waals surface area contributed by atoms with Crippen LogP contribution in [0.4, 0.5) is 18.9 Å². The molecule has 0 saturated carbocycles.